The largest absolute Gasteiger partial charge is 0.457 e. The lowest BCUT2D eigenvalue weighted by Crippen LogP contribution is -2.28. The topological polar surface area (TPSA) is 61.7 Å². The fraction of sp³-hybridized carbons (Fsp3) is 0.143. The summed E-state index contributed by atoms with van der Waals surface area (Å²) in [4.78, 5) is 0. The van der Waals surface area contributed by atoms with E-state index in [0.717, 1.165) is 11.3 Å². The third-order valence-corrected chi connectivity index (χ3v) is 4.21. The van der Waals surface area contributed by atoms with Crippen molar-refractivity contribution in [1.82, 2.24) is 0 Å². The third-order valence-electron chi connectivity index (χ3n) is 3.96. The highest BCUT2D eigenvalue weighted by Gasteiger charge is 2.20. The Balaban J connectivity index is 1.71. The summed E-state index contributed by atoms with van der Waals surface area (Å²) in [5.41, 5.74) is 1.71. The van der Waals surface area contributed by atoms with Gasteiger partial charge in [-0.15, -0.1) is 0 Å². The molecule has 0 aliphatic carbocycles. The molecule has 4 nitrogen and oxygen atoms in total. The maximum Gasteiger partial charge on any atom is 0.127 e. The van der Waals surface area contributed by atoms with Crippen molar-refractivity contribution in [3.8, 4) is 11.5 Å². The van der Waals surface area contributed by atoms with E-state index < -0.39 is 12.1 Å². The fourth-order valence-electron chi connectivity index (χ4n) is 2.60. The molecule has 0 radical (unpaired) electrons. The zero-order valence-corrected chi connectivity index (χ0v) is 14.8. The summed E-state index contributed by atoms with van der Waals surface area (Å²) in [5.74, 6) is 1.39. The highest BCUT2D eigenvalue weighted by molar-refractivity contribution is 6.30. The van der Waals surface area contributed by atoms with Crippen molar-refractivity contribution in [2.75, 3.05) is 11.9 Å². The quantitative estimate of drug-likeness (QED) is 0.567. The van der Waals surface area contributed by atoms with Crippen LogP contribution in [-0.4, -0.2) is 22.9 Å². The number of nitrogens with one attached hydrogen (secondary N) is 1. The Hall–Kier alpha value is -2.53. The summed E-state index contributed by atoms with van der Waals surface area (Å²) in [5, 5.41) is 23.4. The molecule has 0 unspecified atom stereocenters. The number of rotatable bonds is 7. The van der Waals surface area contributed by atoms with Crippen LogP contribution in [0.4, 0.5) is 5.69 Å². The molecular formula is C21H20ClNO3. The minimum atomic E-state index is -0.914. The molecule has 3 rings (SSSR count). The van der Waals surface area contributed by atoms with Crippen LogP contribution in [0.1, 0.15) is 11.6 Å². The standard InChI is InChI=1S/C21H20ClNO3/c22-16-6-10-18(11-7-16)26-19-12-8-17(9-13-19)23-21(20(25)14-24)15-4-2-1-3-5-15/h1-13,20-21,23-25H,14H2/t20-,21+/m0/s1. The second kappa shape index (κ2) is 8.72. The van der Waals surface area contributed by atoms with Gasteiger partial charge in [-0.2, -0.15) is 0 Å². The number of benzene rings is 3. The van der Waals surface area contributed by atoms with E-state index in [1.165, 1.54) is 0 Å². The van der Waals surface area contributed by atoms with Crippen LogP contribution in [-0.2, 0) is 0 Å². The molecule has 0 aliphatic heterocycles. The predicted molar refractivity (Wildman–Crippen MR) is 104 cm³/mol. The predicted octanol–water partition coefficient (Wildman–Crippen LogP) is 4.64. The molecule has 0 heterocycles. The van der Waals surface area contributed by atoms with Crippen LogP contribution >= 0.6 is 11.6 Å². The Morgan fingerprint density at radius 3 is 2.00 bits per heavy atom. The van der Waals surface area contributed by atoms with Gasteiger partial charge in [0, 0.05) is 10.7 Å². The molecule has 0 aromatic heterocycles. The van der Waals surface area contributed by atoms with E-state index >= 15 is 0 Å². The first-order chi connectivity index (χ1) is 12.7. The average Bonchev–Trinajstić information content (AvgIpc) is 2.69. The Bertz CT molecular complexity index is 807. The fourth-order valence-corrected chi connectivity index (χ4v) is 2.73. The lowest BCUT2D eigenvalue weighted by atomic mass is 10.0. The highest BCUT2D eigenvalue weighted by Crippen LogP contribution is 2.27. The van der Waals surface area contributed by atoms with Gasteiger partial charge in [0.05, 0.1) is 12.6 Å². The number of ether oxygens (including phenoxy) is 1. The van der Waals surface area contributed by atoms with Crippen LogP contribution in [0.15, 0.2) is 78.9 Å². The Morgan fingerprint density at radius 2 is 1.42 bits per heavy atom. The van der Waals surface area contributed by atoms with Gasteiger partial charge >= 0.3 is 0 Å². The van der Waals surface area contributed by atoms with E-state index in [0.29, 0.717) is 16.5 Å². The van der Waals surface area contributed by atoms with Gasteiger partial charge in [-0.3, -0.25) is 0 Å². The van der Waals surface area contributed by atoms with Crippen molar-refractivity contribution in [3.05, 3.63) is 89.4 Å². The first-order valence-corrected chi connectivity index (χ1v) is 8.67. The van der Waals surface area contributed by atoms with Gasteiger partial charge in [0.25, 0.3) is 0 Å². The monoisotopic (exact) mass is 369 g/mol. The van der Waals surface area contributed by atoms with E-state index in [2.05, 4.69) is 5.32 Å². The van der Waals surface area contributed by atoms with Crippen molar-refractivity contribution in [1.29, 1.82) is 0 Å². The zero-order valence-electron chi connectivity index (χ0n) is 14.0. The minimum absolute atomic E-state index is 0.329. The summed E-state index contributed by atoms with van der Waals surface area (Å²) >= 11 is 5.87. The summed E-state index contributed by atoms with van der Waals surface area (Å²) in [6.45, 7) is -0.329. The van der Waals surface area contributed by atoms with E-state index in [1.54, 1.807) is 24.3 Å². The molecule has 0 bridgehead atoms. The summed E-state index contributed by atoms with van der Waals surface area (Å²) in [6, 6.07) is 23.7. The second-order valence-electron chi connectivity index (χ2n) is 5.86. The lowest BCUT2D eigenvalue weighted by Gasteiger charge is -2.24. The number of hydrogen-bond acceptors (Lipinski definition) is 4. The SMILES string of the molecule is OC[C@H](O)[C@H](Nc1ccc(Oc2ccc(Cl)cc2)cc1)c1ccccc1. The first kappa shape index (κ1) is 18.3. The van der Waals surface area contributed by atoms with Crippen LogP contribution in [0.5, 0.6) is 11.5 Å². The number of aliphatic hydroxyl groups excluding tert-OH is 2. The maximum absolute atomic E-state index is 10.2. The minimum Gasteiger partial charge on any atom is -0.457 e. The van der Waals surface area contributed by atoms with Crippen molar-refractivity contribution in [2.45, 2.75) is 12.1 Å². The van der Waals surface area contributed by atoms with Crippen LogP contribution in [0.2, 0.25) is 5.02 Å². The molecule has 3 N–H and O–H groups in total. The average molecular weight is 370 g/mol. The molecule has 3 aromatic carbocycles. The lowest BCUT2D eigenvalue weighted by molar-refractivity contribution is 0.0795. The molecule has 0 amide bonds. The van der Waals surface area contributed by atoms with Gasteiger partial charge in [-0.25, -0.2) is 0 Å². The molecule has 5 heteroatoms. The van der Waals surface area contributed by atoms with Crippen molar-refractivity contribution in [3.63, 3.8) is 0 Å². The summed E-state index contributed by atoms with van der Waals surface area (Å²) in [6.07, 6.45) is -0.914. The molecule has 0 fully saturated rings. The Labute approximate surface area is 157 Å². The zero-order chi connectivity index (χ0) is 18.4. The summed E-state index contributed by atoms with van der Waals surface area (Å²) < 4.78 is 5.77. The Morgan fingerprint density at radius 1 is 0.846 bits per heavy atom. The molecular weight excluding hydrogens is 350 g/mol. The molecule has 2 atom stereocenters. The van der Waals surface area contributed by atoms with Crippen LogP contribution in [0.25, 0.3) is 0 Å². The van der Waals surface area contributed by atoms with Gasteiger partial charge < -0.3 is 20.3 Å². The van der Waals surface area contributed by atoms with Gasteiger partial charge in [-0.05, 0) is 54.1 Å². The van der Waals surface area contributed by atoms with Crippen LogP contribution in [0, 0.1) is 0 Å². The Kier molecular flexibility index (Phi) is 6.12. The van der Waals surface area contributed by atoms with Crippen molar-refractivity contribution in [2.24, 2.45) is 0 Å². The number of aliphatic hydroxyl groups is 2. The molecule has 134 valence electrons. The van der Waals surface area contributed by atoms with Gasteiger partial charge in [0.2, 0.25) is 0 Å². The van der Waals surface area contributed by atoms with E-state index in [9.17, 15) is 10.2 Å². The van der Waals surface area contributed by atoms with E-state index in [1.807, 2.05) is 54.6 Å². The molecule has 0 spiro atoms. The van der Waals surface area contributed by atoms with E-state index in [4.69, 9.17) is 16.3 Å². The van der Waals surface area contributed by atoms with Gasteiger partial charge in [0.1, 0.15) is 17.6 Å². The normalized spacial score (nSPS) is 13.0. The van der Waals surface area contributed by atoms with Crippen LogP contribution in [0.3, 0.4) is 0 Å². The number of hydrogen-bond donors (Lipinski definition) is 3. The smallest absolute Gasteiger partial charge is 0.127 e. The number of halogens is 1. The van der Waals surface area contributed by atoms with E-state index in [-0.39, 0.29) is 6.61 Å². The van der Waals surface area contributed by atoms with Gasteiger partial charge in [-0.1, -0.05) is 41.9 Å². The van der Waals surface area contributed by atoms with Gasteiger partial charge in [0.15, 0.2) is 0 Å². The third kappa shape index (κ3) is 4.76. The van der Waals surface area contributed by atoms with Crippen molar-refractivity contribution < 1.29 is 14.9 Å². The highest BCUT2D eigenvalue weighted by atomic mass is 35.5. The molecule has 3 aromatic rings. The second-order valence-corrected chi connectivity index (χ2v) is 6.30. The first-order valence-electron chi connectivity index (χ1n) is 8.29. The molecule has 0 saturated heterocycles. The molecule has 26 heavy (non-hydrogen) atoms. The summed E-state index contributed by atoms with van der Waals surface area (Å²) in [7, 11) is 0. The van der Waals surface area contributed by atoms with Crippen molar-refractivity contribution >= 4 is 17.3 Å². The molecule has 0 saturated carbocycles. The molecule has 0 aliphatic rings. The number of anilines is 1. The van der Waals surface area contributed by atoms with Crippen LogP contribution < -0.4 is 10.1 Å². The maximum atomic E-state index is 10.2.